The van der Waals surface area contributed by atoms with Gasteiger partial charge >= 0.3 is 5.97 Å². The molecule has 0 aromatic heterocycles. The standard InChI is InChI=1S/C12H22N2O5S2/c1-3-6-21(18,19)13-9(2)12(17)14-4-5-20-8-10(14)7-11(15)16/h9-10,13H,3-8H2,1-2H3,(H,15,16). The van der Waals surface area contributed by atoms with Crippen molar-refractivity contribution in [3.8, 4) is 0 Å². The fourth-order valence-electron chi connectivity index (χ4n) is 2.21. The van der Waals surface area contributed by atoms with Crippen molar-refractivity contribution in [1.82, 2.24) is 9.62 Å². The Morgan fingerprint density at radius 1 is 1.48 bits per heavy atom. The van der Waals surface area contributed by atoms with Crippen molar-refractivity contribution >= 4 is 33.7 Å². The van der Waals surface area contributed by atoms with Crippen LogP contribution in [0.3, 0.4) is 0 Å². The summed E-state index contributed by atoms with van der Waals surface area (Å²) in [5.74, 6) is -0.0531. The molecule has 0 radical (unpaired) electrons. The second-order valence-corrected chi connectivity index (χ2v) is 8.04. The van der Waals surface area contributed by atoms with Crippen LogP contribution in [0.15, 0.2) is 0 Å². The number of rotatable bonds is 7. The Morgan fingerprint density at radius 2 is 2.14 bits per heavy atom. The number of carbonyl (C=O) groups is 2. The van der Waals surface area contributed by atoms with E-state index in [1.807, 2.05) is 0 Å². The van der Waals surface area contributed by atoms with Crippen LogP contribution in [0.2, 0.25) is 0 Å². The summed E-state index contributed by atoms with van der Waals surface area (Å²) in [6, 6.07) is -1.26. The summed E-state index contributed by atoms with van der Waals surface area (Å²) < 4.78 is 25.8. The second-order valence-electron chi connectivity index (χ2n) is 5.02. The maximum atomic E-state index is 12.4. The number of hydrogen-bond donors (Lipinski definition) is 2. The second kappa shape index (κ2) is 8.00. The summed E-state index contributed by atoms with van der Waals surface area (Å²) in [7, 11) is -3.47. The lowest BCUT2D eigenvalue weighted by molar-refractivity contribution is -0.140. The Morgan fingerprint density at radius 3 is 2.71 bits per heavy atom. The van der Waals surface area contributed by atoms with Crippen LogP contribution in [0.1, 0.15) is 26.7 Å². The van der Waals surface area contributed by atoms with E-state index in [0.717, 1.165) is 5.75 Å². The first-order valence-electron chi connectivity index (χ1n) is 6.87. The predicted octanol–water partition coefficient (Wildman–Crippen LogP) is 0.123. The van der Waals surface area contributed by atoms with Gasteiger partial charge < -0.3 is 10.0 Å². The average Bonchev–Trinajstić information content (AvgIpc) is 2.37. The lowest BCUT2D eigenvalue weighted by Gasteiger charge is -2.36. The first-order valence-corrected chi connectivity index (χ1v) is 9.67. The van der Waals surface area contributed by atoms with Crippen LogP contribution in [-0.2, 0) is 19.6 Å². The lowest BCUT2D eigenvalue weighted by atomic mass is 10.1. The van der Waals surface area contributed by atoms with Crippen LogP contribution >= 0.6 is 11.8 Å². The fraction of sp³-hybridized carbons (Fsp3) is 0.833. The molecule has 0 bridgehead atoms. The Bertz CT molecular complexity index is 480. The van der Waals surface area contributed by atoms with Crippen LogP contribution < -0.4 is 4.72 Å². The third kappa shape index (κ3) is 5.84. The molecule has 1 aliphatic heterocycles. The topological polar surface area (TPSA) is 104 Å². The summed E-state index contributed by atoms with van der Waals surface area (Å²) in [4.78, 5) is 24.7. The molecule has 0 spiro atoms. The highest BCUT2D eigenvalue weighted by atomic mass is 32.2. The van der Waals surface area contributed by atoms with E-state index in [1.54, 1.807) is 18.7 Å². The van der Waals surface area contributed by atoms with Gasteiger partial charge in [0.15, 0.2) is 0 Å². The van der Waals surface area contributed by atoms with E-state index in [4.69, 9.17) is 5.11 Å². The lowest BCUT2D eigenvalue weighted by Crippen LogP contribution is -2.54. The van der Waals surface area contributed by atoms with Crippen LogP contribution in [0.4, 0.5) is 0 Å². The maximum absolute atomic E-state index is 12.4. The molecular formula is C12H22N2O5S2. The molecule has 2 N–H and O–H groups in total. The Hall–Kier alpha value is -0.800. The number of nitrogens with one attached hydrogen (secondary N) is 1. The maximum Gasteiger partial charge on any atom is 0.305 e. The van der Waals surface area contributed by atoms with E-state index >= 15 is 0 Å². The van der Waals surface area contributed by atoms with Crippen LogP contribution in [0.25, 0.3) is 0 Å². The third-order valence-corrected chi connectivity index (χ3v) is 5.87. The predicted molar refractivity (Wildman–Crippen MR) is 81.8 cm³/mol. The van der Waals surface area contributed by atoms with Gasteiger partial charge in [-0.05, 0) is 13.3 Å². The minimum atomic E-state index is -3.47. The number of carboxylic acids is 1. The molecule has 7 nitrogen and oxygen atoms in total. The smallest absolute Gasteiger partial charge is 0.305 e. The van der Waals surface area contributed by atoms with Gasteiger partial charge in [-0.3, -0.25) is 9.59 Å². The number of carbonyl (C=O) groups excluding carboxylic acids is 1. The highest BCUT2D eigenvalue weighted by Crippen LogP contribution is 2.20. The molecule has 9 heteroatoms. The molecule has 0 saturated carbocycles. The van der Waals surface area contributed by atoms with E-state index < -0.39 is 22.0 Å². The third-order valence-electron chi connectivity index (χ3n) is 3.12. The molecule has 2 unspecified atom stereocenters. The van der Waals surface area contributed by atoms with E-state index in [-0.39, 0.29) is 24.1 Å². The molecular weight excluding hydrogens is 316 g/mol. The molecule has 1 heterocycles. The quantitative estimate of drug-likeness (QED) is 0.683. The number of sulfonamides is 1. The van der Waals surface area contributed by atoms with Crippen LogP contribution in [0.5, 0.6) is 0 Å². The molecule has 1 fully saturated rings. The van der Waals surface area contributed by atoms with E-state index in [2.05, 4.69) is 4.72 Å². The number of nitrogens with zero attached hydrogens (tertiary/aromatic N) is 1. The Balaban J connectivity index is 2.72. The molecule has 1 amide bonds. The van der Waals surface area contributed by atoms with E-state index in [9.17, 15) is 18.0 Å². The zero-order valence-corrected chi connectivity index (χ0v) is 13.9. The zero-order chi connectivity index (χ0) is 16.0. The highest BCUT2D eigenvalue weighted by molar-refractivity contribution is 7.99. The van der Waals surface area contributed by atoms with Gasteiger partial charge in [-0.1, -0.05) is 6.92 Å². The summed E-state index contributed by atoms with van der Waals surface area (Å²) in [6.45, 7) is 3.69. The van der Waals surface area contributed by atoms with Gasteiger partial charge in [0.25, 0.3) is 0 Å². The first-order chi connectivity index (χ1) is 9.76. The van der Waals surface area contributed by atoms with Gasteiger partial charge in [0.1, 0.15) is 0 Å². The highest BCUT2D eigenvalue weighted by Gasteiger charge is 2.32. The number of amides is 1. The number of thioether (sulfide) groups is 1. The first kappa shape index (κ1) is 18.2. The van der Waals surface area contributed by atoms with Gasteiger partial charge in [0.2, 0.25) is 15.9 Å². The SMILES string of the molecule is CCCS(=O)(=O)NC(C)C(=O)N1CCSCC1CC(=O)O. The Kier molecular flexibility index (Phi) is 6.95. The molecule has 1 saturated heterocycles. The monoisotopic (exact) mass is 338 g/mol. The molecule has 2 atom stereocenters. The summed E-state index contributed by atoms with van der Waals surface area (Å²) in [6.07, 6.45) is 0.353. The molecule has 0 aromatic carbocycles. The van der Waals surface area contributed by atoms with Crippen molar-refractivity contribution in [1.29, 1.82) is 0 Å². The van der Waals surface area contributed by atoms with Gasteiger partial charge in [-0.15, -0.1) is 0 Å². The molecule has 0 aliphatic carbocycles. The minimum Gasteiger partial charge on any atom is -0.481 e. The van der Waals surface area contributed by atoms with Crippen LogP contribution in [-0.4, -0.2) is 66.2 Å². The van der Waals surface area contributed by atoms with Gasteiger partial charge in [0.05, 0.1) is 24.3 Å². The average molecular weight is 338 g/mol. The van der Waals surface area contributed by atoms with Gasteiger partial charge in [-0.2, -0.15) is 11.8 Å². The van der Waals surface area contributed by atoms with Crippen molar-refractivity contribution in [3.05, 3.63) is 0 Å². The normalized spacial score (nSPS) is 21.0. The molecule has 1 rings (SSSR count). The van der Waals surface area contributed by atoms with E-state index in [1.165, 1.54) is 11.8 Å². The minimum absolute atomic E-state index is 0.0287. The van der Waals surface area contributed by atoms with E-state index in [0.29, 0.717) is 18.7 Å². The van der Waals surface area contributed by atoms with Crippen molar-refractivity contribution in [2.45, 2.75) is 38.8 Å². The number of aliphatic carboxylic acids is 1. The molecule has 0 aromatic rings. The van der Waals surface area contributed by atoms with Crippen molar-refractivity contribution in [3.63, 3.8) is 0 Å². The molecule has 122 valence electrons. The van der Waals surface area contributed by atoms with Gasteiger partial charge in [0, 0.05) is 18.1 Å². The molecule has 21 heavy (non-hydrogen) atoms. The molecule has 1 aliphatic rings. The van der Waals surface area contributed by atoms with Crippen LogP contribution in [0, 0.1) is 0 Å². The zero-order valence-electron chi connectivity index (χ0n) is 12.2. The summed E-state index contributed by atoms with van der Waals surface area (Å²) in [5.41, 5.74) is 0. The summed E-state index contributed by atoms with van der Waals surface area (Å²) in [5, 5.41) is 8.90. The van der Waals surface area contributed by atoms with Crippen molar-refractivity contribution in [2.75, 3.05) is 23.8 Å². The Labute approximate surface area is 129 Å². The number of hydrogen-bond acceptors (Lipinski definition) is 5. The number of carboxylic acid groups (broad SMARTS) is 1. The van der Waals surface area contributed by atoms with Crippen molar-refractivity contribution in [2.24, 2.45) is 0 Å². The van der Waals surface area contributed by atoms with Crippen molar-refractivity contribution < 1.29 is 23.1 Å². The summed E-state index contributed by atoms with van der Waals surface area (Å²) >= 11 is 1.60. The van der Waals surface area contributed by atoms with Gasteiger partial charge in [-0.25, -0.2) is 13.1 Å². The largest absolute Gasteiger partial charge is 0.481 e. The fourth-order valence-corrected chi connectivity index (χ4v) is 4.57.